The van der Waals surface area contributed by atoms with Gasteiger partial charge < -0.3 is 20.9 Å². The maximum absolute atomic E-state index is 12.3. The van der Waals surface area contributed by atoms with Gasteiger partial charge in [-0.15, -0.1) is 12.4 Å². The first-order chi connectivity index (χ1) is 10.4. The van der Waals surface area contributed by atoms with Crippen LogP contribution in [0, 0.1) is 5.92 Å². The number of amides is 1. The molecule has 1 aromatic carbocycles. The Balaban J connectivity index is 0.00000264. The van der Waals surface area contributed by atoms with E-state index in [1.165, 1.54) is 0 Å². The van der Waals surface area contributed by atoms with Crippen LogP contribution < -0.4 is 15.8 Å². The van der Waals surface area contributed by atoms with Crippen molar-refractivity contribution in [1.29, 1.82) is 0 Å². The van der Waals surface area contributed by atoms with Gasteiger partial charge in [0.1, 0.15) is 5.75 Å². The van der Waals surface area contributed by atoms with Gasteiger partial charge in [-0.3, -0.25) is 4.79 Å². The van der Waals surface area contributed by atoms with Crippen LogP contribution in [-0.2, 0) is 4.79 Å². The lowest BCUT2D eigenvalue weighted by Crippen LogP contribution is -2.53. The Hall–Kier alpha value is -1.30. The molecule has 3 atom stereocenters. The second kappa shape index (κ2) is 8.52. The first-order valence-electron chi connectivity index (χ1n) is 7.82. The molecule has 1 aliphatic carbocycles. The molecule has 0 aromatic heterocycles. The van der Waals surface area contributed by atoms with Crippen molar-refractivity contribution in [1.82, 2.24) is 5.32 Å². The SMILES string of the molecule is COc1ccc(C(O)CNC(=O)C2CCCCC2(C)N)cc1.Cl. The Morgan fingerprint density at radius 2 is 2.09 bits per heavy atom. The van der Waals surface area contributed by atoms with E-state index in [1.54, 1.807) is 31.4 Å². The molecule has 1 aliphatic rings. The van der Waals surface area contributed by atoms with Crippen molar-refractivity contribution in [3.63, 3.8) is 0 Å². The molecule has 0 radical (unpaired) electrons. The van der Waals surface area contributed by atoms with E-state index in [0.717, 1.165) is 37.0 Å². The second-order valence-corrected chi connectivity index (χ2v) is 6.34. The van der Waals surface area contributed by atoms with Crippen LogP contribution in [0.3, 0.4) is 0 Å². The van der Waals surface area contributed by atoms with E-state index in [9.17, 15) is 9.90 Å². The molecule has 23 heavy (non-hydrogen) atoms. The van der Waals surface area contributed by atoms with Gasteiger partial charge in [-0.25, -0.2) is 0 Å². The van der Waals surface area contributed by atoms with E-state index in [-0.39, 0.29) is 30.8 Å². The predicted octanol–water partition coefficient (Wildman–Crippen LogP) is 2.17. The summed E-state index contributed by atoms with van der Waals surface area (Å²) < 4.78 is 5.08. The van der Waals surface area contributed by atoms with Crippen molar-refractivity contribution >= 4 is 18.3 Å². The van der Waals surface area contributed by atoms with E-state index in [2.05, 4.69) is 5.32 Å². The largest absolute Gasteiger partial charge is 0.497 e. The Kier molecular flexibility index (Phi) is 7.32. The first kappa shape index (κ1) is 19.7. The molecule has 1 aromatic rings. The van der Waals surface area contributed by atoms with Crippen molar-refractivity contribution in [3.8, 4) is 5.75 Å². The van der Waals surface area contributed by atoms with Crippen molar-refractivity contribution in [3.05, 3.63) is 29.8 Å². The Bertz CT molecular complexity index is 505. The smallest absolute Gasteiger partial charge is 0.225 e. The molecule has 0 spiro atoms. The van der Waals surface area contributed by atoms with Crippen LogP contribution in [0.5, 0.6) is 5.75 Å². The van der Waals surface area contributed by atoms with Crippen LogP contribution >= 0.6 is 12.4 Å². The van der Waals surface area contributed by atoms with Crippen LogP contribution in [0.15, 0.2) is 24.3 Å². The number of aliphatic hydroxyl groups is 1. The molecule has 5 nitrogen and oxygen atoms in total. The topological polar surface area (TPSA) is 84.6 Å². The summed E-state index contributed by atoms with van der Waals surface area (Å²) >= 11 is 0. The molecule has 0 saturated heterocycles. The maximum Gasteiger partial charge on any atom is 0.225 e. The van der Waals surface area contributed by atoms with Crippen molar-refractivity contribution in [2.75, 3.05) is 13.7 Å². The molecule has 4 N–H and O–H groups in total. The fourth-order valence-corrected chi connectivity index (χ4v) is 3.05. The number of hydrogen-bond donors (Lipinski definition) is 3. The Morgan fingerprint density at radius 3 is 2.65 bits per heavy atom. The fourth-order valence-electron chi connectivity index (χ4n) is 3.05. The summed E-state index contributed by atoms with van der Waals surface area (Å²) in [6, 6.07) is 7.17. The number of nitrogens with two attached hydrogens (primary N) is 1. The number of methoxy groups -OCH3 is 1. The standard InChI is InChI=1S/C17H26N2O3.ClH/c1-17(18)10-4-3-5-14(17)16(21)19-11-15(20)12-6-8-13(22-2)9-7-12;/h6-9,14-15,20H,3-5,10-11,18H2,1-2H3,(H,19,21);1H. The van der Waals surface area contributed by atoms with Crippen molar-refractivity contribution < 1.29 is 14.6 Å². The quantitative estimate of drug-likeness (QED) is 0.765. The van der Waals surface area contributed by atoms with E-state index in [4.69, 9.17) is 10.5 Å². The number of ether oxygens (including phenoxy) is 1. The average Bonchev–Trinajstić information content (AvgIpc) is 2.52. The highest BCUT2D eigenvalue weighted by molar-refractivity contribution is 5.85. The highest BCUT2D eigenvalue weighted by atomic mass is 35.5. The molecule has 0 bridgehead atoms. The van der Waals surface area contributed by atoms with Gasteiger partial charge in [0.15, 0.2) is 0 Å². The van der Waals surface area contributed by atoms with E-state index >= 15 is 0 Å². The average molecular weight is 343 g/mol. The summed E-state index contributed by atoms with van der Waals surface area (Å²) in [5, 5.41) is 13.0. The third-order valence-corrected chi connectivity index (χ3v) is 4.54. The molecule has 0 aliphatic heterocycles. The molecule has 1 saturated carbocycles. The number of aliphatic hydroxyl groups excluding tert-OH is 1. The monoisotopic (exact) mass is 342 g/mol. The lowest BCUT2D eigenvalue weighted by molar-refractivity contribution is -0.128. The fraction of sp³-hybridized carbons (Fsp3) is 0.588. The number of rotatable bonds is 5. The normalized spacial score (nSPS) is 25.1. The number of carbonyl (C=O) groups excluding carboxylic acids is 1. The summed E-state index contributed by atoms with van der Waals surface area (Å²) in [5.41, 5.74) is 6.53. The van der Waals surface area contributed by atoms with Crippen LogP contribution in [0.25, 0.3) is 0 Å². The van der Waals surface area contributed by atoms with Crippen molar-refractivity contribution in [2.24, 2.45) is 11.7 Å². The van der Waals surface area contributed by atoms with Gasteiger partial charge in [-0.1, -0.05) is 25.0 Å². The third kappa shape index (κ3) is 5.09. The van der Waals surface area contributed by atoms with Crippen LogP contribution in [0.4, 0.5) is 0 Å². The van der Waals surface area contributed by atoms with Gasteiger partial charge in [0.05, 0.1) is 19.1 Å². The van der Waals surface area contributed by atoms with Crippen LogP contribution in [0.1, 0.15) is 44.3 Å². The molecule has 1 amide bonds. The zero-order chi connectivity index (χ0) is 16.2. The number of carbonyl (C=O) groups is 1. The minimum Gasteiger partial charge on any atom is -0.497 e. The molecule has 2 rings (SSSR count). The number of nitrogens with one attached hydrogen (secondary N) is 1. The zero-order valence-corrected chi connectivity index (χ0v) is 14.6. The summed E-state index contributed by atoms with van der Waals surface area (Å²) in [5.74, 6) is 0.502. The van der Waals surface area contributed by atoms with Gasteiger partial charge in [0.2, 0.25) is 5.91 Å². The summed E-state index contributed by atoms with van der Waals surface area (Å²) in [6.07, 6.45) is 3.06. The Labute approximate surface area is 144 Å². The van der Waals surface area contributed by atoms with Gasteiger partial charge in [0.25, 0.3) is 0 Å². The minimum atomic E-state index is -0.734. The first-order valence-corrected chi connectivity index (χ1v) is 7.82. The maximum atomic E-state index is 12.3. The molecule has 6 heteroatoms. The molecule has 130 valence electrons. The van der Waals surface area contributed by atoms with Crippen LogP contribution in [-0.4, -0.2) is 30.2 Å². The summed E-state index contributed by atoms with van der Waals surface area (Å²) in [6.45, 7) is 2.13. The van der Waals surface area contributed by atoms with Gasteiger partial charge >= 0.3 is 0 Å². The summed E-state index contributed by atoms with van der Waals surface area (Å²) in [7, 11) is 1.60. The van der Waals surface area contributed by atoms with Gasteiger partial charge in [-0.05, 0) is 37.5 Å². The second-order valence-electron chi connectivity index (χ2n) is 6.34. The van der Waals surface area contributed by atoms with Crippen LogP contribution in [0.2, 0.25) is 0 Å². The highest BCUT2D eigenvalue weighted by Crippen LogP contribution is 2.31. The molecular weight excluding hydrogens is 316 g/mol. The van der Waals surface area contributed by atoms with Crippen molar-refractivity contribution in [2.45, 2.75) is 44.2 Å². The lowest BCUT2D eigenvalue weighted by Gasteiger charge is -2.37. The zero-order valence-electron chi connectivity index (χ0n) is 13.7. The number of hydrogen-bond acceptors (Lipinski definition) is 4. The molecule has 3 unspecified atom stereocenters. The number of benzene rings is 1. The van der Waals surface area contributed by atoms with Gasteiger partial charge in [-0.2, -0.15) is 0 Å². The molecule has 0 heterocycles. The van der Waals surface area contributed by atoms with E-state index in [0.29, 0.717) is 0 Å². The lowest BCUT2D eigenvalue weighted by atomic mass is 9.74. The molecule has 1 fully saturated rings. The van der Waals surface area contributed by atoms with Gasteiger partial charge in [0, 0.05) is 12.1 Å². The molecular formula is C17H27ClN2O3. The number of halogens is 1. The Morgan fingerprint density at radius 1 is 1.43 bits per heavy atom. The predicted molar refractivity (Wildman–Crippen MR) is 92.8 cm³/mol. The van der Waals surface area contributed by atoms with E-state index < -0.39 is 11.6 Å². The summed E-state index contributed by atoms with van der Waals surface area (Å²) in [4.78, 5) is 12.3. The van der Waals surface area contributed by atoms with E-state index in [1.807, 2.05) is 6.92 Å². The third-order valence-electron chi connectivity index (χ3n) is 4.54. The minimum absolute atomic E-state index is 0. The highest BCUT2D eigenvalue weighted by Gasteiger charge is 2.37.